The molecule has 25 heavy (non-hydrogen) atoms. The fraction of sp³-hybridized carbons (Fsp3) is 0.500. The summed E-state index contributed by atoms with van der Waals surface area (Å²) in [6.07, 6.45) is 3.53. The van der Waals surface area contributed by atoms with Crippen LogP contribution in [-0.2, 0) is 20.8 Å². The lowest BCUT2D eigenvalue weighted by Gasteiger charge is -2.27. The number of carbonyl (C=O) groups is 3. The predicted octanol–water partition coefficient (Wildman–Crippen LogP) is 1.67. The Labute approximate surface area is 146 Å². The predicted molar refractivity (Wildman–Crippen MR) is 90.7 cm³/mol. The summed E-state index contributed by atoms with van der Waals surface area (Å²) in [5, 5.41) is 9.20. The maximum absolute atomic E-state index is 12.1. The van der Waals surface area contributed by atoms with Gasteiger partial charge in [-0.05, 0) is 37.0 Å². The van der Waals surface area contributed by atoms with Crippen LogP contribution < -0.4 is 15.6 Å². The van der Waals surface area contributed by atoms with Gasteiger partial charge in [-0.2, -0.15) is 0 Å². The summed E-state index contributed by atoms with van der Waals surface area (Å²) < 4.78 is 5.35. The lowest BCUT2D eigenvalue weighted by Crippen LogP contribution is -2.49. The summed E-state index contributed by atoms with van der Waals surface area (Å²) in [6, 6.07) is 7.41. The lowest BCUT2D eigenvalue weighted by molar-refractivity contribution is -0.149. The minimum atomic E-state index is -0.968. The molecule has 1 saturated carbocycles. The zero-order valence-corrected chi connectivity index (χ0v) is 14.3. The fourth-order valence-corrected chi connectivity index (χ4v) is 2.97. The van der Waals surface area contributed by atoms with Gasteiger partial charge >= 0.3 is 5.97 Å². The van der Waals surface area contributed by atoms with Crippen LogP contribution in [0.2, 0.25) is 0 Å². The topological polar surface area (TPSA) is 105 Å². The number of carboxylic acid groups (broad SMARTS) is 1. The first-order valence-electron chi connectivity index (χ1n) is 8.54. The van der Waals surface area contributed by atoms with E-state index in [0.29, 0.717) is 18.6 Å². The van der Waals surface area contributed by atoms with Gasteiger partial charge in [0.25, 0.3) is 5.91 Å². The molecule has 1 aromatic rings. The normalized spacial score (nSPS) is 19.7. The van der Waals surface area contributed by atoms with Crippen LogP contribution in [0.4, 0.5) is 0 Å². The second kappa shape index (κ2) is 9.05. The first-order chi connectivity index (χ1) is 12.0. The Morgan fingerprint density at radius 1 is 1.08 bits per heavy atom. The second-order valence-electron chi connectivity index (χ2n) is 6.16. The van der Waals surface area contributed by atoms with E-state index in [-0.39, 0.29) is 6.61 Å². The number of hydrogen-bond donors (Lipinski definition) is 3. The van der Waals surface area contributed by atoms with Crippen molar-refractivity contribution < 1.29 is 24.2 Å². The van der Waals surface area contributed by atoms with Crippen molar-refractivity contribution in [1.29, 1.82) is 0 Å². The standard InChI is InChI=1S/C18H24N2O5/c1-2-12-7-9-13(10-8-12)25-11-16(21)19-20-17(22)14-5-3-4-6-15(14)18(23)24/h7-10,14-15H,2-6,11H2,1H3,(H,19,21)(H,20,22)(H,23,24)/t14-,15+/m1/s1. The number of aryl methyl sites for hydroxylation is 1. The van der Waals surface area contributed by atoms with Gasteiger partial charge in [0.05, 0.1) is 11.8 Å². The van der Waals surface area contributed by atoms with E-state index >= 15 is 0 Å². The summed E-state index contributed by atoms with van der Waals surface area (Å²) in [5.74, 6) is -2.68. The summed E-state index contributed by atoms with van der Waals surface area (Å²) in [4.78, 5) is 35.1. The van der Waals surface area contributed by atoms with E-state index in [4.69, 9.17) is 4.74 Å². The van der Waals surface area contributed by atoms with E-state index < -0.39 is 29.6 Å². The van der Waals surface area contributed by atoms with E-state index in [1.165, 1.54) is 5.56 Å². The third-order valence-electron chi connectivity index (χ3n) is 4.45. The van der Waals surface area contributed by atoms with Gasteiger partial charge in [-0.1, -0.05) is 31.9 Å². The largest absolute Gasteiger partial charge is 0.484 e. The zero-order valence-electron chi connectivity index (χ0n) is 14.3. The number of amides is 2. The van der Waals surface area contributed by atoms with Gasteiger partial charge in [-0.3, -0.25) is 25.2 Å². The average Bonchev–Trinajstić information content (AvgIpc) is 2.64. The highest BCUT2D eigenvalue weighted by Crippen LogP contribution is 2.30. The molecule has 0 saturated heterocycles. The number of carbonyl (C=O) groups excluding carboxylic acids is 2. The van der Waals surface area contributed by atoms with E-state index in [9.17, 15) is 19.5 Å². The van der Waals surface area contributed by atoms with Crippen LogP contribution in [0.15, 0.2) is 24.3 Å². The van der Waals surface area contributed by atoms with Crippen molar-refractivity contribution in [2.45, 2.75) is 39.0 Å². The highest BCUT2D eigenvalue weighted by molar-refractivity contribution is 5.87. The van der Waals surface area contributed by atoms with Crippen molar-refractivity contribution in [1.82, 2.24) is 10.9 Å². The molecule has 1 aliphatic carbocycles. The molecule has 2 atom stereocenters. The summed E-state index contributed by atoms with van der Waals surface area (Å²) in [7, 11) is 0. The fourth-order valence-electron chi connectivity index (χ4n) is 2.97. The Balaban J connectivity index is 1.76. The van der Waals surface area contributed by atoms with Crippen LogP contribution in [0.1, 0.15) is 38.2 Å². The third kappa shape index (κ3) is 5.48. The molecule has 0 aliphatic heterocycles. The number of hydrogen-bond acceptors (Lipinski definition) is 4. The Bertz CT molecular complexity index is 614. The summed E-state index contributed by atoms with van der Waals surface area (Å²) in [5.41, 5.74) is 5.76. The Morgan fingerprint density at radius 2 is 1.72 bits per heavy atom. The molecule has 1 aromatic carbocycles. The molecular weight excluding hydrogens is 324 g/mol. The van der Waals surface area contributed by atoms with Crippen LogP contribution in [-0.4, -0.2) is 29.5 Å². The van der Waals surface area contributed by atoms with Crippen LogP contribution >= 0.6 is 0 Å². The molecule has 3 N–H and O–H groups in total. The molecule has 7 nitrogen and oxygen atoms in total. The molecule has 136 valence electrons. The molecular formula is C18H24N2O5. The van der Waals surface area contributed by atoms with Crippen molar-refractivity contribution >= 4 is 17.8 Å². The van der Waals surface area contributed by atoms with Crippen LogP contribution in [0.3, 0.4) is 0 Å². The number of carboxylic acids is 1. The SMILES string of the molecule is CCc1ccc(OCC(=O)NNC(=O)[C@@H]2CCCC[C@@H]2C(=O)O)cc1. The van der Waals surface area contributed by atoms with Crippen molar-refractivity contribution in [2.75, 3.05) is 6.61 Å². The molecule has 0 unspecified atom stereocenters. The van der Waals surface area contributed by atoms with E-state index in [0.717, 1.165) is 19.3 Å². The quantitative estimate of drug-likeness (QED) is 0.678. The molecule has 2 amide bonds. The number of rotatable bonds is 6. The smallest absolute Gasteiger partial charge is 0.307 e. The monoisotopic (exact) mass is 348 g/mol. The molecule has 0 bridgehead atoms. The number of ether oxygens (including phenoxy) is 1. The number of nitrogens with one attached hydrogen (secondary N) is 2. The van der Waals surface area contributed by atoms with Crippen molar-refractivity contribution in [2.24, 2.45) is 11.8 Å². The van der Waals surface area contributed by atoms with Crippen molar-refractivity contribution in [3.8, 4) is 5.75 Å². The Morgan fingerprint density at radius 3 is 2.32 bits per heavy atom. The van der Waals surface area contributed by atoms with E-state index in [1.807, 2.05) is 19.1 Å². The van der Waals surface area contributed by atoms with Crippen LogP contribution in [0.5, 0.6) is 5.75 Å². The van der Waals surface area contributed by atoms with Gasteiger partial charge in [-0.25, -0.2) is 0 Å². The molecule has 1 aliphatic rings. The number of benzene rings is 1. The third-order valence-corrected chi connectivity index (χ3v) is 4.45. The van der Waals surface area contributed by atoms with Gasteiger partial charge in [0.15, 0.2) is 6.61 Å². The molecule has 7 heteroatoms. The van der Waals surface area contributed by atoms with Gasteiger partial charge in [-0.15, -0.1) is 0 Å². The number of hydrazine groups is 1. The van der Waals surface area contributed by atoms with Gasteiger partial charge in [0, 0.05) is 0 Å². The molecule has 0 radical (unpaired) electrons. The maximum atomic E-state index is 12.1. The van der Waals surface area contributed by atoms with E-state index in [2.05, 4.69) is 10.9 Å². The summed E-state index contributed by atoms with van der Waals surface area (Å²) >= 11 is 0. The van der Waals surface area contributed by atoms with Crippen LogP contribution in [0.25, 0.3) is 0 Å². The van der Waals surface area contributed by atoms with Gasteiger partial charge < -0.3 is 9.84 Å². The highest BCUT2D eigenvalue weighted by Gasteiger charge is 2.35. The van der Waals surface area contributed by atoms with Crippen molar-refractivity contribution in [3.05, 3.63) is 29.8 Å². The molecule has 0 aromatic heterocycles. The molecule has 0 spiro atoms. The minimum Gasteiger partial charge on any atom is -0.484 e. The van der Waals surface area contributed by atoms with Gasteiger partial charge in [0.2, 0.25) is 5.91 Å². The second-order valence-corrected chi connectivity index (χ2v) is 6.16. The maximum Gasteiger partial charge on any atom is 0.307 e. The average molecular weight is 348 g/mol. The first-order valence-corrected chi connectivity index (χ1v) is 8.54. The van der Waals surface area contributed by atoms with Gasteiger partial charge in [0.1, 0.15) is 5.75 Å². The van der Waals surface area contributed by atoms with Crippen molar-refractivity contribution in [3.63, 3.8) is 0 Å². The van der Waals surface area contributed by atoms with E-state index in [1.54, 1.807) is 12.1 Å². The minimum absolute atomic E-state index is 0.237. The Hall–Kier alpha value is -2.57. The molecule has 0 heterocycles. The molecule has 1 fully saturated rings. The Kier molecular flexibility index (Phi) is 6.80. The first kappa shape index (κ1) is 18.8. The lowest BCUT2D eigenvalue weighted by atomic mass is 9.79. The number of aliphatic carboxylic acids is 1. The molecule has 2 rings (SSSR count). The highest BCUT2D eigenvalue weighted by atomic mass is 16.5. The summed E-state index contributed by atoms with van der Waals surface area (Å²) in [6.45, 7) is 1.81. The zero-order chi connectivity index (χ0) is 18.2. The van der Waals surface area contributed by atoms with Crippen LogP contribution in [0, 0.1) is 11.8 Å².